The van der Waals surface area contributed by atoms with Crippen molar-refractivity contribution in [3.05, 3.63) is 12.1 Å². The van der Waals surface area contributed by atoms with Gasteiger partial charge < -0.3 is 9.64 Å². The Balaban J connectivity index is 1.90. The molecule has 0 radical (unpaired) electrons. The Morgan fingerprint density at radius 2 is 2.25 bits per heavy atom. The minimum Gasteiger partial charge on any atom is -0.477 e. The first kappa shape index (κ1) is 15.3. The van der Waals surface area contributed by atoms with Crippen LogP contribution in [-0.2, 0) is 9.57 Å². The van der Waals surface area contributed by atoms with Gasteiger partial charge in [-0.15, -0.1) is 0 Å². The molecule has 1 saturated carbocycles. The van der Waals surface area contributed by atoms with Crippen molar-refractivity contribution < 1.29 is 9.57 Å². The summed E-state index contributed by atoms with van der Waals surface area (Å²) in [7, 11) is 4.25. The van der Waals surface area contributed by atoms with Crippen molar-refractivity contribution in [1.29, 1.82) is 0 Å². The summed E-state index contributed by atoms with van der Waals surface area (Å²) in [5, 5.41) is 1.86. The summed E-state index contributed by atoms with van der Waals surface area (Å²) in [5.41, 5.74) is 0. The molecule has 1 heterocycles. The average molecular weight is 281 g/mol. The highest BCUT2D eigenvalue weighted by Crippen LogP contribution is 2.27. The van der Waals surface area contributed by atoms with Crippen molar-refractivity contribution in [2.75, 3.05) is 27.2 Å². The van der Waals surface area contributed by atoms with Crippen LogP contribution in [0.3, 0.4) is 0 Å². The Kier molecular flexibility index (Phi) is 5.86. The van der Waals surface area contributed by atoms with Crippen LogP contribution in [0.1, 0.15) is 39.0 Å². The molecule has 0 spiro atoms. The predicted octanol–water partition coefficient (Wildman–Crippen LogP) is 2.40. The molecular formula is C15H27N3O2. The van der Waals surface area contributed by atoms with Crippen LogP contribution in [0.15, 0.2) is 17.1 Å². The van der Waals surface area contributed by atoms with Crippen molar-refractivity contribution >= 4 is 6.21 Å². The molecule has 114 valence electrons. The highest BCUT2D eigenvalue weighted by Gasteiger charge is 2.32. The zero-order valence-electron chi connectivity index (χ0n) is 12.9. The number of hydrogen-bond donors (Lipinski definition) is 0. The number of unbranched alkanes of at least 4 members (excludes halogenated alkanes) is 1. The van der Waals surface area contributed by atoms with E-state index in [0.29, 0.717) is 12.6 Å². The van der Waals surface area contributed by atoms with Gasteiger partial charge in [-0.25, -0.2) is 5.06 Å². The molecule has 0 aromatic carbocycles. The van der Waals surface area contributed by atoms with Gasteiger partial charge in [0, 0.05) is 12.3 Å². The van der Waals surface area contributed by atoms with Gasteiger partial charge in [-0.3, -0.25) is 9.83 Å². The number of hydrogen-bond acceptors (Lipinski definition) is 5. The van der Waals surface area contributed by atoms with Gasteiger partial charge in [-0.2, -0.15) is 0 Å². The lowest BCUT2D eigenvalue weighted by molar-refractivity contribution is -0.202. The van der Waals surface area contributed by atoms with E-state index >= 15 is 0 Å². The average Bonchev–Trinajstić information content (AvgIpc) is 2.89. The van der Waals surface area contributed by atoms with E-state index in [2.05, 4.69) is 30.9 Å². The van der Waals surface area contributed by atoms with Gasteiger partial charge in [0.15, 0.2) is 0 Å². The predicted molar refractivity (Wildman–Crippen MR) is 80.3 cm³/mol. The number of rotatable bonds is 7. The van der Waals surface area contributed by atoms with E-state index in [0.717, 1.165) is 31.8 Å². The third kappa shape index (κ3) is 3.96. The van der Waals surface area contributed by atoms with E-state index in [1.54, 1.807) is 6.20 Å². The van der Waals surface area contributed by atoms with Gasteiger partial charge in [0.05, 0.1) is 19.4 Å². The second-order valence-corrected chi connectivity index (χ2v) is 5.67. The molecule has 0 bridgehead atoms. The van der Waals surface area contributed by atoms with E-state index in [1.165, 1.54) is 12.8 Å². The Morgan fingerprint density at radius 3 is 3.00 bits per heavy atom. The third-order valence-electron chi connectivity index (χ3n) is 3.88. The van der Waals surface area contributed by atoms with E-state index in [4.69, 9.17) is 9.57 Å². The largest absolute Gasteiger partial charge is 0.477 e. The Morgan fingerprint density at radius 1 is 1.40 bits per heavy atom. The van der Waals surface area contributed by atoms with Crippen LogP contribution in [0, 0.1) is 0 Å². The molecule has 1 aliphatic carbocycles. The monoisotopic (exact) mass is 281 g/mol. The van der Waals surface area contributed by atoms with Crippen molar-refractivity contribution in [1.82, 2.24) is 9.96 Å². The van der Waals surface area contributed by atoms with Crippen LogP contribution in [-0.4, -0.2) is 55.6 Å². The Hall–Kier alpha value is -1.07. The maximum absolute atomic E-state index is 6.18. The first-order chi connectivity index (χ1) is 9.72. The third-order valence-corrected chi connectivity index (χ3v) is 3.88. The minimum atomic E-state index is 0.245. The van der Waals surface area contributed by atoms with Crippen LogP contribution in [0.4, 0.5) is 0 Å². The van der Waals surface area contributed by atoms with Gasteiger partial charge in [0.25, 0.3) is 0 Å². The Bertz CT molecular complexity index is 355. The summed E-state index contributed by atoms with van der Waals surface area (Å²) in [4.78, 5) is 12.6. The zero-order valence-corrected chi connectivity index (χ0v) is 12.9. The summed E-state index contributed by atoms with van der Waals surface area (Å²) in [5.74, 6) is 0.741. The van der Waals surface area contributed by atoms with Crippen LogP contribution in [0.5, 0.6) is 0 Å². The smallest absolute Gasteiger partial charge is 0.233 e. The number of hydroxylamine groups is 2. The summed E-state index contributed by atoms with van der Waals surface area (Å²) >= 11 is 0. The molecule has 0 N–H and O–H groups in total. The first-order valence-corrected chi connectivity index (χ1v) is 7.67. The number of ether oxygens (including phenoxy) is 1. The molecule has 0 aromatic rings. The van der Waals surface area contributed by atoms with Crippen molar-refractivity contribution in [2.45, 2.75) is 51.2 Å². The summed E-state index contributed by atoms with van der Waals surface area (Å²) in [6.07, 6.45) is 9.57. The fourth-order valence-corrected chi connectivity index (χ4v) is 2.70. The maximum atomic E-state index is 6.18. The molecule has 5 heteroatoms. The zero-order chi connectivity index (χ0) is 14.4. The van der Waals surface area contributed by atoms with Crippen molar-refractivity contribution in [3.8, 4) is 0 Å². The fourth-order valence-electron chi connectivity index (χ4n) is 2.70. The highest BCUT2D eigenvalue weighted by molar-refractivity contribution is 5.61. The van der Waals surface area contributed by atoms with Gasteiger partial charge in [0.1, 0.15) is 6.10 Å². The second-order valence-electron chi connectivity index (χ2n) is 5.67. The molecule has 1 fully saturated rings. The molecule has 1 aliphatic heterocycles. The molecule has 5 nitrogen and oxygen atoms in total. The van der Waals surface area contributed by atoms with Gasteiger partial charge in [0.2, 0.25) is 5.88 Å². The van der Waals surface area contributed by atoms with Crippen molar-refractivity contribution in [3.63, 3.8) is 0 Å². The van der Waals surface area contributed by atoms with Crippen LogP contribution >= 0.6 is 0 Å². The Labute approximate surface area is 122 Å². The fraction of sp³-hybridized carbons (Fsp3) is 0.800. The van der Waals surface area contributed by atoms with E-state index < -0.39 is 0 Å². The summed E-state index contributed by atoms with van der Waals surface area (Å²) in [6.45, 7) is 3.54. The lowest BCUT2D eigenvalue weighted by Crippen LogP contribution is -2.41. The molecule has 0 aromatic heterocycles. The number of aliphatic imine (C=N–C) groups is 1. The van der Waals surface area contributed by atoms with Crippen LogP contribution < -0.4 is 0 Å². The second kappa shape index (κ2) is 7.64. The molecular weight excluding hydrogens is 254 g/mol. The molecule has 2 atom stereocenters. The van der Waals surface area contributed by atoms with E-state index in [-0.39, 0.29) is 6.10 Å². The van der Waals surface area contributed by atoms with Gasteiger partial charge >= 0.3 is 0 Å². The van der Waals surface area contributed by atoms with Gasteiger partial charge in [-0.1, -0.05) is 13.3 Å². The molecule has 0 saturated heterocycles. The number of nitrogens with zero attached hydrogens (tertiary/aromatic N) is 3. The molecule has 20 heavy (non-hydrogen) atoms. The molecule has 2 aliphatic rings. The van der Waals surface area contributed by atoms with Gasteiger partial charge in [-0.05, 0) is 39.8 Å². The van der Waals surface area contributed by atoms with Crippen LogP contribution in [0.25, 0.3) is 0 Å². The highest BCUT2D eigenvalue weighted by atomic mass is 16.7. The van der Waals surface area contributed by atoms with Crippen molar-refractivity contribution in [2.24, 2.45) is 4.99 Å². The van der Waals surface area contributed by atoms with E-state index in [9.17, 15) is 0 Å². The minimum absolute atomic E-state index is 0.245. The number of likely N-dealkylation sites (N-methyl/N-ethyl adjacent to an activating group) is 1. The lowest BCUT2D eigenvalue weighted by atomic mass is 10.2. The van der Waals surface area contributed by atoms with E-state index in [1.807, 2.05) is 11.3 Å². The lowest BCUT2D eigenvalue weighted by Gasteiger charge is -2.33. The quantitative estimate of drug-likeness (QED) is 0.672. The maximum Gasteiger partial charge on any atom is 0.233 e. The standard InChI is InChI=1S/C15H27N3O2/c1-4-5-11-19-15-12-16-9-10-18(15)20-14-8-6-7-13(14)17(2)3/h9,12-14H,4-8,10-11H2,1-3H3/t13-,14-/m1/s1. The SMILES string of the molecule is CCCCOC1=CN=CCN1O[C@@H]1CCC[C@H]1N(C)C. The normalized spacial score (nSPS) is 26.2. The topological polar surface area (TPSA) is 37.3 Å². The molecule has 0 amide bonds. The van der Waals surface area contributed by atoms with Crippen LogP contribution in [0.2, 0.25) is 0 Å². The first-order valence-electron chi connectivity index (χ1n) is 7.67. The molecule has 0 unspecified atom stereocenters. The molecule has 2 rings (SSSR count). The summed E-state index contributed by atoms with van der Waals surface area (Å²) < 4.78 is 5.78. The summed E-state index contributed by atoms with van der Waals surface area (Å²) in [6, 6.07) is 0.491.